The molecule has 0 aliphatic heterocycles. The van der Waals surface area contributed by atoms with Gasteiger partial charge in [0.2, 0.25) is 11.8 Å². The van der Waals surface area contributed by atoms with Crippen molar-refractivity contribution >= 4 is 29.3 Å². The third-order valence-corrected chi connectivity index (χ3v) is 5.06. The first-order chi connectivity index (χ1) is 12.9. The maximum absolute atomic E-state index is 13.0. The second kappa shape index (κ2) is 8.54. The molecular weight excluding hydrogens is 389 g/mol. The van der Waals surface area contributed by atoms with Gasteiger partial charge in [0.05, 0.1) is 11.3 Å². The molecule has 0 saturated heterocycles. The van der Waals surface area contributed by atoms with Crippen LogP contribution in [0.4, 0.5) is 4.39 Å². The Balaban J connectivity index is 1.59. The third kappa shape index (κ3) is 5.08. The van der Waals surface area contributed by atoms with Crippen molar-refractivity contribution in [1.82, 2.24) is 15.5 Å². The van der Waals surface area contributed by atoms with Gasteiger partial charge >= 0.3 is 0 Å². The van der Waals surface area contributed by atoms with Crippen molar-refractivity contribution in [3.63, 3.8) is 0 Å². The minimum atomic E-state index is -0.439. The summed E-state index contributed by atoms with van der Waals surface area (Å²) in [6.45, 7) is 3.59. The lowest BCUT2D eigenvalue weighted by Crippen LogP contribution is -2.33. The van der Waals surface area contributed by atoms with E-state index in [1.807, 2.05) is 6.92 Å². The number of amides is 1. The topological polar surface area (TPSA) is 68.0 Å². The van der Waals surface area contributed by atoms with Crippen LogP contribution in [0.1, 0.15) is 25.5 Å². The molecule has 1 aromatic heterocycles. The van der Waals surface area contributed by atoms with Crippen molar-refractivity contribution in [2.24, 2.45) is 0 Å². The summed E-state index contributed by atoms with van der Waals surface area (Å²) in [5, 5.41) is 11.4. The standard InChI is InChI=1S/C19H17ClFN3O2S/c1-11(13-5-9-16(21)10-6-13)22-17(25)12(2)27-19-24-23-18(26-19)14-3-7-15(20)8-4-14/h3-12H,1-2H3,(H,22,25). The number of carbonyl (C=O) groups excluding carboxylic acids is 1. The molecule has 2 unspecified atom stereocenters. The molecule has 0 radical (unpaired) electrons. The Kier molecular flexibility index (Phi) is 6.13. The lowest BCUT2D eigenvalue weighted by molar-refractivity contribution is -0.120. The van der Waals surface area contributed by atoms with E-state index in [-0.39, 0.29) is 17.8 Å². The zero-order chi connectivity index (χ0) is 19.4. The second-order valence-electron chi connectivity index (χ2n) is 5.92. The smallest absolute Gasteiger partial charge is 0.277 e. The largest absolute Gasteiger partial charge is 0.411 e. The molecule has 1 N–H and O–H groups in total. The summed E-state index contributed by atoms with van der Waals surface area (Å²) < 4.78 is 18.6. The fraction of sp³-hybridized carbons (Fsp3) is 0.211. The van der Waals surface area contributed by atoms with Crippen LogP contribution in [0.25, 0.3) is 11.5 Å². The molecule has 2 atom stereocenters. The molecule has 3 aromatic rings. The zero-order valence-electron chi connectivity index (χ0n) is 14.6. The Morgan fingerprint density at radius 1 is 1.11 bits per heavy atom. The van der Waals surface area contributed by atoms with Crippen LogP contribution in [-0.2, 0) is 4.79 Å². The molecule has 2 aromatic carbocycles. The number of nitrogens with one attached hydrogen (secondary N) is 1. The van der Waals surface area contributed by atoms with Gasteiger partial charge in [-0.2, -0.15) is 0 Å². The molecule has 0 aliphatic rings. The molecule has 0 bridgehead atoms. The molecule has 5 nitrogen and oxygen atoms in total. The number of rotatable bonds is 6. The SMILES string of the molecule is CC(Sc1nnc(-c2ccc(Cl)cc2)o1)C(=O)NC(C)c1ccc(F)cc1. The second-order valence-corrected chi connectivity index (χ2v) is 7.65. The van der Waals surface area contributed by atoms with Gasteiger partial charge in [0.1, 0.15) is 5.82 Å². The molecule has 0 aliphatic carbocycles. The average Bonchev–Trinajstić information content (AvgIpc) is 3.11. The van der Waals surface area contributed by atoms with Crippen LogP contribution < -0.4 is 5.32 Å². The van der Waals surface area contributed by atoms with E-state index in [0.717, 1.165) is 11.1 Å². The maximum Gasteiger partial charge on any atom is 0.277 e. The van der Waals surface area contributed by atoms with Gasteiger partial charge in [-0.05, 0) is 55.8 Å². The van der Waals surface area contributed by atoms with Crippen LogP contribution in [0.5, 0.6) is 0 Å². The molecule has 27 heavy (non-hydrogen) atoms. The Labute approximate surface area is 165 Å². The van der Waals surface area contributed by atoms with Crippen LogP contribution in [0.15, 0.2) is 58.2 Å². The number of hydrogen-bond donors (Lipinski definition) is 1. The van der Waals surface area contributed by atoms with Crippen LogP contribution in [0.2, 0.25) is 5.02 Å². The van der Waals surface area contributed by atoms with E-state index < -0.39 is 5.25 Å². The van der Waals surface area contributed by atoms with Gasteiger partial charge in [0.25, 0.3) is 5.22 Å². The number of aromatic nitrogens is 2. The Morgan fingerprint density at radius 2 is 1.78 bits per heavy atom. The lowest BCUT2D eigenvalue weighted by atomic mass is 10.1. The van der Waals surface area contributed by atoms with Crippen molar-refractivity contribution < 1.29 is 13.6 Å². The van der Waals surface area contributed by atoms with Gasteiger partial charge in [0.15, 0.2) is 0 Å². The number of thioether (sulfide) groups is 1. The summed E-state index contributed by atoms with van der Waals surface area (Å²) in [5.74, 6) is -0.126. The van der Waals surface area contributed by atoms with Crippen LogP contribution in [0.3, 0.4) is 0 Å². The lowest BCUT2D eigenvalue weighted by Gasteiger charge is -2.16. The van der Waals surface area contributed by atoms with Gasteiger partial charge in [0, 0.05) is 10.6 Å². The first-order valence-corrected chi connectivity index (χ1v) is 9.50. The van der Waals surface area contributed by atoms with E-state index >= 15 is 0 Å². The quantitative estimate of drug-likeness (QED) is 0.591. The number of halogens is 2. The first kappa shape index (κ1) is 19.4. The molecule has 3 rings (SSSR count). The van der Waals surface area contributed by atoms with E-state index in [0.29, 0.717) is 16.1 Å². The summed E-state index contributed by atoms with van der Waals surface area (Å²) >= 11 is 7.04. The molecule has 1 heterocycles. The van der Waals surface area contributed by atoms with Crippen LogP contribution >= 0.6 is 23.4 Å². The van der Waals surface area contributed by atoms with Crippen LogP contribution in [0, 0.1) is 5.82 Å². The minimum Gasteiger partial charge on any atom is -0.411 e. The number of nitrogens with zero attached hydrogens (tertiary/aromatic N) is 2. The van der Waals surface area contributed by atoms with Gasteiger partial charge in [-0.1, -0.05) is 35.5 Å². The monoisotopic (exact) mass is 405 g/mol. The van der Waals surface area contributed by atoms with Crippen molar-refractivity contribution in [1.29, 1.82) is 0 Å². The molecule has 140 valence electrons. The summed E-state index contributed by atoms with van der Waals surface area (Å²) in [6.07, 6.45) is 0. The summed E-state index contributed by atoms with van der Waals surface area (Å²) in [7, 11) is 0. The highest BCUT2D eigenvalue weighted by molar-refractivity contribution is 8.00. The predicted molar refractivity (Wildman–Crippen MR) is 103 cm³/mol. The van der Waals surface area contributed by atoms with Crippen molar-refractivity contribution in [2.75, 3.05) is 0 Å². The molecular formula is C19H17ClFN3O2S. The Morgan fingerprint density at radius 3 is 2.44 bits per heavy atom. The fourth-order valence-corrected chi connectivity index (χ4v) is 3.16. The van der Waals surface area contributed by atoms with E-state index in [1.54, 1.807) is 43.3 Å². The van der Waals surface area contributed by atoms with Gasteiger partial charge in [-0.3, -0.25) is 4.79 Å². The van der Waals surface area contributed by atoms with Crippen molar-refractivity contribution in [3.05, 3.63) is 64.9 Å². The number of carbonyl (C=O) groups is 1. The van der Waals surface area contributed by atoms with E-state index in [9.17, 15) is 9.18 Å². The normalized spacial score (nSPS) is 13.2. The van der Waals surface area contributed by atoms with E-state index in [2.05, 4.69) is 15.5 Å². The zero-order valence-corrected chi connectivity index (χ0v) is 16.2. The Hall–Kier alpha value is -2.38. The minimum absolute atomic E-state index is 0.178. The van der Waals surface area contributed by atoms with Gasteiger partial charge in [-0.15, -0.1) is 10.2 Å². The highest BCUT2D eigenvalue weighted by Crippen LogP contribution is 2.27. The van der Waals surface area contributed by atoms with Gasteiger partial charge < -0.3 is 9.73 Å². The third-order valence-electron chi connectivity index (χ3n) is 3.87. The van der Waals surface area contributed by atoms with E-state index in [4.69, 9.17) is 16.0 Å². The highest BCUT2D eigenvalue weighted by Gasteiger charge is 2.20. The highest BCUT2D eigenvalue weighted by atomic mass is 35.5. The van der Waals surface area contributed by atoms with Crippen molar-refractivity contribution in [2.45, 2.75) is 30.4 Å². The summed E-state index contributed by atoms with van der Waals surface area (Å²) in [4.78, 5) is 12.4. The molecule has 8 heteroatoms. The van der Waals surface area contributed by atoms with Crippen LogP contribution in [-0.4, -0.2) is 21.4 Å². The number of hydrogen-bond acceptors (Lipinski definition) is 5. The molecule has 1 amide bonds. The fourth-order valence-electron chi connectivity index (χ4n) is 2.34. The Bertz CT molecular complexity index is 915. The van der Waals surface area contributed by atoms with E-state index in [1.165, 1.54) is 23.9 Å². The summed E-state index contributed by atoms with van der Waals surface area (Å²) in [5.41, 5.74) is 1.57. The first-order valence-electron chi connectivity index (χ1n) is 8.24. The number of benzene rings is 2. The average molecular weight is 406 g/mol. The van der Waals surface area contributed by atoms with Gasteiger partial charge in [-0.25, -0.2) is 4.39 Å². The molecule has 0 spiro atoms. The molecule has 0 saturated carbocycles. The predicted octanol–water partition coefficient (Wildman–Crippen LogP) is 4.89. The maximum atomic E-state index is 13.0. The van der Waals surface area contributed by atoms with Crippen molar-refractivity contribution in [3.8, 4) is 11.5 Å². The summed E-state index contributed by atoms with van der Waals surface area (Å²) in [6, 6.07) is 12.8. The molecule has 0 fully saturated rings.